The van der Waals surface area contributed by atoms with E-state index in [1.54, 1.807) is 18.9 Å². The lowest BCUT2D eigenvalue weighted by Crippen LogP contribution is -2.14. The molecule has 1 aromatic rings. The smallest absolute Gasteiger partial charge is 0.123 e. The van der Waals surface area contributed by atoms with E-state index in [0.29, 0.717) is 0 Å². The van der Waals surface area contributed by atoms with Crippen LogP contribution < -0.4 is 10.5 Å². The second-order valence-corrected chi connectivity index (χ2v) is 4.22. The Kier molecular flexibility index (Phi) is 4.29. The largest absolute Gasteiger partial charge is 0.496 e. The van der Waals surface area contributed by atoms with Gasteiger partial charge in [-0.25, -0.2) is 0 Å². The molecular formula is C11H17NOS. The number of hydrogen-bond acceptors (Lipinski definition) is 3. The molecule has 0 aromatic heterocycles. The van der Waals surface area contributed by atoms with E-state index in [1.807, 2.05) is 12.1 Å². The van der Waals surface area contributed by atoms with Crippen LogP contribution in [0.25, 0.3) is 0 Å². The van der Waals surface area contributed by atoms with E-state index in [2.05, 4.69) is 19.2 Å². The second-order valence-electron chi connectivity index (χ2n) is 3.31. The van der Waals surface area contributed by atoms with Crippen molar-refractivity contribution in [2.24, 2.45) is 5.73 Å². The summed E-state index contributed by atoms with van der Waals surface area (Å²) in [5.74, 6) is 1.80. The molecule has 1 aromatic carbocycles. The van der Waals surface area contributed by atoms with E-state index in [9.17, 15) is 0 Å². The summed E-state index contributed by atoms with van der Waals surface area (Å²) in [5, 5.41) is 0. The fourth-order valence-electron chi connectivity index (χ4n) is 1.41. The fourth-order valence-corrected chi connectivity index (χ4v) is 1.95. The molecule has 0 heterocycles. The minimum Gasteiger partial charge on any atom is -0.496 e. The molecule has 1 atom stereocenters. The number of ether oxygens (including phenoxy) is 1. The van der Waals surface area contributed by atoms with Gasteiger partial charge in [-0.1, -0.05) is 17.7 Å². The SMILES string of the molecule is COc1ccc(C)cc1C(N)CSC. The van der Waals surface area contributed by atoms with E-state index in [0.717, 1.165) is 17.1 Å². The highest BCUT2D eigenvalue weighted by molar-refractivity contribution is 7.98. The third kappa shape index (κ3) is 2.66. The minimum absolute atomic E-state index is 0.0554. The van der Waals surface area contributed by atoms with Crippen molar-refractivity contribution >= 4 is 11.8 Å². The van der Waals surface area contributed by atoms with Crippen molar-refractivity contribution in [3.05, 3.63) is 29.3 Å². The van der Waals surface area contributed by atoms with Crippen LogP contribution in [0.5, 0.6) is 5.75 Å². The van der Waals surface area contributed by atoms with Gasteiger partial charge in [0.25, 0.3) is 0 Å². The Balaban J connectivity index is 2.97. The number of methoxy groups -OCH3 is 1. The summed E-state index contributed by atoms with van der Waals surface area (Å²) in [7, 11) is 1.68. The fraction of sp³-hybridized carbons (Fsp3) is 0.455. The molecule has 1 unspecified atom stereocenters. The van der Waals surface area contributed by atoms with Crippen molar-refractivity contribution in [2.75, 3.05) is 19.1 Å². The maximum absolute atomic E-state index is 6.05. The summed E-state index contributed by atoms with van der Waals surface area (Å²) in [6.07, 6.45) is 2.06. The maximum Gasteiger partial charge on any atom is 0.123 e. The average Bonchev–Trinajstić information content (AvgIpc) is 2.18. The predicted molar refractivity (Wildman–Crippen MR) is 63.0 cm³/mol. The van der Waals surface area contributed by atoms with Crippen molar-refractivity contribution in [3.8, 4) is 5.75 Å². The molecule has 0 radical (unpaired) electrons. The highest BCUT2D eigenvalue weighted by atomic mass is 32.2. The van der Waals surface area contributed by atoms with Gasteiger partial charge < -0.3 is 10.5 Å². The summed E-state index contributed by atoms with van der Waals surface area (Å²) < 4.78 is 5.28. The van der Waals surface area contributed by atoms with Gasteiger partial charge in [0.2, 0.25) is 0 Å². The van der Waals surface area contributed by atoms with E-state index in [1.165, 1.54) is 5.56 Å². The number of hydrogen-bond donors (Lipinski definition) is 1. The van der Waals surface area contributed by atoms with Crippen molar-refractivity contribution < 1.29 is 4.74 Å². The number of thioether (sulfide) groups is 1. The van der Waals surface area contributed by atoms with E-state index in [-0.39, 0.29) is 6.04 Å². The van der Waals surface area contributed by atoms with Crippen LogP contribution in [0.3, 0.4) is 0 Å². The Morgan fingerprint density at radius 2 is 2.21 bits per heavy atom. The highest BCUT2D eigenvalue weighted by Crippen LogP contribution is 2.26. The van der Waals surface area contributed by atoms with Crippen LogP contribution >= 0.6 is 11.8 Å². The minimum atomic E-state index is 0.0554. The molecule has 78 valence electrons. The Morgan fingerprint density at radius 1 is 1.50 bits per heavy atom. The van der Waals surface area contributed by atoms with Gasteiger partial charge in [-0.2, -0.15) is 11.8 Å². The van der Waals surface area contributed by atoms with Gasteiger partial charge in [0.15, 0.2) is 0 Å². The molecule has 0 aliphatic rings. The Labute approximate surface area is 89.8 Å². The van der Waals surface area contributed by atoms with E-state index >= 15 is 0 Å². The van der Waals surface area contributed by atoms with Crippen LogP contribution in [-0.2, 0) is 0 Å². The van der Waals surface area contributed by atoms with Crippen molar-refractivity contribution in [2.45, 2.75) is 13.0 Å². The lowest BCUT2D eigenvalue weighted by molar-refractivity contribution is 0.407. The zero-order valence-electron chi connectivity index (χ0n) is 8.91. The molecule has 0 amide bonds. The molecule has 0 aliphatic carbocycles. The van der Waals surface area contributed by atoms with Gasteiger partial charge in [-0.3, -0.25) is 0 Å². The summed E-state index contributed by atoms with van der Waals surface area (Å²) in [4.78, 5) is 0. The zero-order chi connectivity index (χ0) is 10.6. The molecule has 2 N–H and O–H groups in total. The van der Waals surface area contributed by atoms with Crippen LogP contribution in [-0.4, -0.2) is 19.1 Å². The number of rotatable bonds is 4. The van der Waals surface area contributed by atoms with Crippen LogP contribution in [0.15, 0.2) is 18.2 Å². The average molecular weight is 211 g/mol. The first-order valence-corrected chi connectivity index (χ1v) is 5.97. The quantitative estimate of drug-likeness (QED) is 0.830. The van der Waals surface area contributed by atoms with Crippen LogP contribution in [0.2, 0.25) is 0 Å². The van der Waals surface area contributed by atoms with Crippen LogP contribution in [0, 0.1) is 6.92 Å². The summed E-state index contributed by atoms with van der Waals surface area (Å²) in [6.45, 7) is 2.06. The van der Waals surface area contributed by atoms with Gasteiger partial charge >= 0.3 is 0 Å². The maximum atomic E-state index is 6.05. The van der Waals surface area contributed by atoms with Gasteiger partial charge in [-0.05, 0) is 19.2 Å². The number of benzene rings is 1. The molecule has 14 heavy (non-hydrogen) atoms. The highest BCUT2D eigenvalue weighted by Gasteiger charge is 2.10. The Morgan fingerprint density at radius 3 is 2.79 bits per heavy atom. The molecular weight excluding hydrogens is 194 g/mol. The molecule has 0 bridgehead atoms. The van der Waals surface area contributed by atoms with Gasteiger partial charge in [-0.15, -0.1) is 0 Å². The topological polar surface area (TPSA) is 35.2 Å². The number of nitrogens with two attached hydrogens (primary N) is 1. The molecule has 0 spiro atoms. The van der Waals surface area contributed by atoms with Crippen molar-refractivity contribution in [1.82, 2.24) is 0 Å². The molecule has 0 saturated carbocycles. The van der Waals surface area contributed by atoms with Crippen LogP contribution in [0.4, 0.5) is 0 Å². The van der Waals surface area contributed by atoms with Gasteiger partial charge in [0.1, 0.15) is 5.75 Å². The van der Waals surface area contributed by atoms with Crippen LogP contribution in [0.1, 0.15) is 17.2 Å². The predicted octanol–water partition coefficient (Wildman–Crippen LogP) is 2.37. The Hall–Kier alpha value is -0.670. The lowest BCUT2D eigenvalue weighted by Gasteiger charge is -2.15. The van der Waals surface area contributed by atoms with E-state index in [4.69, 9.17) is 10.5 Å². The summed E-state index contributed by atoms with van der Waals surface area (Å²) >= 11 is 1.75. The van der Waals surface area contributed by atoms with Gasteiger partial charge in [0, 0.05) is 17.4 Å². The van der Waals surface area contributed by atoms with Gasteiger partial charge in [0.05, 0.1) is 7.11 Å². The van der Waals surface area contributed by atoms with E-state index < -0.39 is 0 Å². The molecule has 1 rings (SSSR count). The standard InChI is InChI=1S/C11H17NOS/c1-8-4-5-11(13-2)9(6-8)10(12)7-14-3/h4-6,10H,7,12H2,1-3H3. The first kappa shape index (κ1) is 11.4. The summed E-state index contributed by atoms with van der Waals surface area (Å²) in [5.41, 5.74) is 8.37. The molecule has 0 saturated heterocycles. The lowest BCUT2D eigenvalue weighted by atomic mass is 10.1. The molecule has 3 heteroatoms. The normalized spacial score (nSPS) is 12.6. The first-order valence-electron chi connectivity index (χ1n) is 4.58. The monoisotopic (exact) mass is 211 g/mol. The van der Waals surface area contributed by atoms with Crippen molar-refractivity contribution in [1.29, 1.82) is 0 Å². The summed E-state index contributed by atoms with van der Waals surface area (Å²) in [6, 6.07) is 6.17. The Bertz CT molecular complexity index is 301. The van der Waals surface area contributed by atoms with Crippen molar-refractivity contribution in [3.63, 3.8) is 0 Å². The third-order valence-corrected chi connectivity index (χ3v) is 2.82. The number of aryl methyl sites for hydroxylation is 1. The molecule has 0 fully saturated rings. The second kappa shape index (κ2) is 5.27. The zero-order valence-corrected chi connectivity index (χ0v) is 9.73. The third-order valence-electron chi connectivity index (χ3n) is 2.13. The first-order chi connectivity index (χ1) is 6.69. The molecule has 2 nitrogen and oxygen atoms in total. The molecule has 0 aliphatic heterocycles.